The summed E-state index contributed by atoms with van der Waals surface area (Å²) in [6.07, 6.45) is 0. The van der Waals surface area contributed by atoms with Crippen LogP contribution in [0.5, 0.6) is 5.75 Å². The minimum Gasteiger partial charge on any atom is -0.482 e. The van der Waals surface area contributed by atoms with E-state index in [1.807, 2.05) is 25.1 Å². The predicted molar refractivity (Wildman–Crippen MR) is 68.8 cm³/mol. The van der Waals surface area contributed by atoms with Gasteiger partial charge in [0.15, 0.2) is 6.61 Å². The Morgan fingerprint density at radius 2 is 2.22 bits per heavy atom. The Kier molecular flexibility index (Phi) is 3.84. The zero-order chi connectivity index (χ0) is 13.1. The second kappa shape index (κ2) is 5.37. The van der Waals surface area contributed by atoms with E-state index < -0.39 is 0 Å². The van der Waals surface area contributed by atoms with Crippen molar-refractivity contribution in [1.29, 1.82) is 0 Å². The van der Waals surface area contributed by atoms with Crippen LogP contribution in [0.2, 0.25) is 0 Å². The van der Waals surface area contributed by atoms with Crippen LogP contribution in [0.15, 0.2) is 18.2 Å². The molecule has 1 aromatic rings. The van der Waals surface area contributed by atoms with E-state index in [0.717, 1.165) is 17.8 Å². The number of aliphatic hydroxyl groups excluding tert-OH is 1. The Bertz CT molecular complexity index is 446. The molecule has 1 amide bonds. The molecule has 5 nitrogen and oxygen atoms in total. The van der Waals surface area contributed by atoms with Gasteiger partial charge in [-0.15, -0.1) is 0 Å². The number of carbonyl (C=O) groups is 1. The van der Waals surface area contributed by atoms with Crippen molar-refractivity contribution in [3.63, 3.8) is 0 Å². The molecule has 5 heteroatoms. The van der Waals surface area contributed by atoms with Gasteiger partial charge in [-0.25, -0.2) is 0 Å². The molecule has 0 aliphatic carbocycles. The SMILES string of the molecule is CN(C)CCN1C(=O)COc2ccc(CO)cc21. The summed E-state index contributed by atoms with van der Waals surface area (Å²) < 4.78 is 5.39. The number of ether oxygens (including phenoxy) is 1. The Morgan fingerprint density at radius 1 is 1.44 bits per heavy atom. The summed E-state index contributed by atoms with van der Waals surface area (Å²) in [5.41, 5.74) is 1.53. The molecule has 1 N–H and O–H groups in total. The fourth-order valence-electron chi connectivity index (χ4n) is 1.89. The van der Waals surface area contributed by atoms with E-state index in [1.54, 1.807) is 17.0 Å². The molecule has 0 bridgehead atoms. The van der Waals surface area contributed by atoms with Gasteiger partial charge in [-0.3, -0.25) is 4.79 Å². The number of likely N-dealkylation sites (N-methyl/N-ethyl adjacent to an activating group) is 1. The maximum absolute atomic E-state index is 11.9. The van der Waals surface area contributed by atoms with E-state index in [1.165, 1.54) is 0 Å². The van der Waals surface area contributed by atoms with Gasteiger partial charge in [0.05, 0.1) is 12.3 Å². The summed E-state index contributed by atoms with van der Waals surface area (Å²) in [4.78, 5) is 15.6. The van der Waals surface area contributed by atoms with E-state index in [2.05, 4.69) is 0 Å². The minimum atomic E-state index is -0.0422. The molecule has 98 valence electrons. The molecule has 0 fully saturated rings. The lowest BCUT2D eigenvalue weighted by molar-refractivity contribution is -0.121. The van der Waals surface area contributed by atoms with Crippen LogP contribution in [0.1, 0.15) is 5.56 Å². The van der Waals surface area contributed by atoms with Crippen LogP contribution in [-0.2, 0) is 11.4 Å². The van der Waals surface area contributed by atoms with E-state index >= 15 is 0 Å². The molecule has 1 aliphatic rings. The number of nitrogens with zero attached hydrogens (tertiary/aromatic N) is 2. The molecule has 0 unspecified atom stereocenters. The molecule has 1 aliphatic heterocycles. The third-order valence-corrected chi connectivity index (χ3v) is 2.92. The lowest BCUT2D eigenvalue weighted by Gasteiger charge is -2.30. The molecular formula is C13H18N2O3. The van der Waals surface area contributed by atoms with Crippen LogP contribution in [-0.4, -0.2) is 49.7 Å². The summed E-state index contributed by atoms with van der Waals surface area (Å²) in [6.45, 7) is 1.45. The number of benzene rings is 1. The number of amides is 1. The first-order chi connectivity index (χ1) is 8.61. The molecular weight excluding hydrogens is 232 g/mol. The average Bonchev–Trinajstić information content (AvgIpc) is 2.36. The number of anilines is 1. The molecule has 1 heterocycles. The zero-order valence-electron chi connectivity index (χ0n) is 10.7. The van der Waals surface area contributed by atoms with Crippen molar-refractivity contribution in [2.45, 2.75) is 6.61 Å². The molecule has 0 spiro atoms. The highest BCUT2D eigenvalue weighted by molar-refractivity contribution is 5.97. The van der Waals surface area contributed by atoms with Gasteiger partial charge in [-0.2, -0.15) is 0 Å². The molecule has 18 heavy (non-hydrogen) atoms. The standard InChI is InChI=1S/C13H18N2O3/c1-14(2)5-6-15-11-7-10(8-16)3-4-12(11)18-9-13(15)17/h3-4,7,16H,5-6,8-9H2,1-2H3. The monoisotopic (exact) mass is 250 g/mol. The zero-order valence-corrected chi connectivity index (χ0v) is 10.7. The highest BCUT2D eigenvalue weighted by Gasteiger charge is 2.25. The first-order valence-electron chi connectivity index (χ1n) is 5.93. The Hall–Kier alpha value is -1.59. The lowest BCUT2D eigenvalue weighted by atomic mass is 10.1. The van der Waals surface area contributed by atoms with Gasteiger partial charge < -0.3 is 19.6 Å². The summed E-state index contributed by atoms with van der Waals surface area (Å²) in [5, 5.41) is 9.16. The molecule has 0 saturated heterocycles. The minimum absolute atomic E-state index is 0.0387. The molecule has 0 aromatic heterocycles. The van der Waals surface area contributed by atoms with Crippen molar-refractivity contribution in [1.82, 2.24) is 4.90 Å². The van der Waals surface area contributed by atoms with Crippen LogP contribution in [0, 0.1) is 0 Å². The fourth-order valence-corrected chi connectivity index (χ4v) is 1.89. The summed E-state index contributed by atoms with van der Waals surface area (Å²) >= 11 is 0. The predicted octanol–water partition coefficient (Wildman–Crippen LogP) is 0.466. The number of carbonyl (C=O) groups excluding carboxylic acids is 1. The van der Waals surface area contributed by atoms with Crippen molar-refractivity contribution < 1.29 is 14.6 Å². The van der Waals surface area contributed by atoms with Crippen LogP contribution in [0.25, 0.3) is 0 Å². The van der Waals surface area contributed by atoms with E-state index in [4.69, 9.17) is 9.84 Å². The maximum Gasteiger partial charge on any atom is 0.265 e. The largest absolute Gasteiger partial charge is 0.482 e. The molecule has 2 rings (SSSR count). The van der Waals surface area contributed by atoms with E-state index in [9.17, 15) is 4.79 Å². The molecule has 0 saturated carbocycles. The smallest absolute Gasteiger partial charge is 0.265 e. The molecule has 0 radical (unpaired) electrons. The van der Waals surface area contributed by atoms with Crippen LogP contribution in [0.3, 0.4) is 0 Å². The topological polar surface area (TPSA) is 53.0 Å². The lowest BCUT2D eigenvalue weighted by Crippen LogP contribution is -2.42. The highest BCUT2D eigenvalue weighted by Crippen LogP contribution is 2.32. The Morgan fingerprint density at radius 3 is 2.89 bits per heavy atom. The van der Waals surface area contributed by atoms with Crippen molar-refractivity contribution in [3.05, 3.63) is 23.8 Å². The van der Waals surface area contributed by atoms with Crippen LogP contribution >= 0.6 is 0 Å². The number of rotatable bonds is 4. The number of fused-ring (bicyclic) bond motifs is 1. The summed E-state index contributed by atoms with van der Waals surface area (Å²) in [6, 6.07) is 5.41. The van der Waals surface area contributed by atoms with E-state index in [-0.39, 0.29) is 19.1 Å². The number of hydrogen-bond donors (Lipinski definition) is 1. The Balaban J connectivity index is 2.27. The summed E-state index contributed by atoms with van der Waals surface area (Å²) in [7, 11) is 3.94. The van der Waals surface area contributed by atoms with Gasteiger partial charge in [-0.1, -0.05) is 6.07 Å². The van der Waals surface area contributed by atoms with Crippen molar-refractivity contribution in [2.75, 3.05) is 38.7 Å². The van der Waals surface area contributed by atoms with Gasteiger partial charge in [-0.05, 0) is 31.8 Å². The van der Waals surface area contributed by atoms with E-state index in [0.29, 0.717) is 12.3 Å². The number of hydrogen-bond acceptors (Lipinski definition) is 4. The van der Waals surface area contributed by atoms with Gasteiger partial charge in [0.2, 0.25) is 0 Å². The Labute approximate surface area is 107 Å². The van der Waals surface area contributed by atoms with Crippen LogP contribution in [0.4, 0.5) is 5.69 Å². The highest BCUT2D eigenvalue weighted by atomic mass is 16.5. The van der Waals surface area contributed by atoms with Gasteiger partial charge in [0.1, 0.15) is 5.75 Å². The van der Waals surface area contributed by atoms with Gasteiger partial charge in [0, 0.05) is 13.1 Å². The average molecular weight is 250 g/mol. The second-order valence-corrected chi connectivity index (χ2v) is 4.60. The third-order valence-electron chi connectivity index (χ3n) is 2.92. The second-order valence-electron chi connectivity index (χ2n) is 4.60. The number of aliphatic hydroxyl groups is 1. The van der Waals surface area contributed by atoms with Crippen molar-refractivity contribution >= 4 is 11.6 Å². The summed E-state index contributed by atoms with van der Waals surface area (Å²) in [5.74, 6) is 0.657. The normalized spacial score (nSPS) is 14.7. The van der Waals surface area contributed by atoms with Crippen molar-refractivity contribution in [3.8, 4) is 5.75 Å². The first-order valence-corrected chi connectivity index (χ1v) is 5.93. The first kappa shape index (κ1) is 12.9. The fraction of sp³-hybridized carbons (Fsp3) is 0.462. The molecule has 1 aromatic carbocycles. The third kappa shape index (κ3) is 2.63. The maximum atomic E-state index is 11.9. The van der Waals surface area contributed by atoms with Crippen LogP contribution < -0.4 is 9.64 Å². The van der Waals surface area contributed by atoms with Crippen molar-refractivity contribution in [2.24, 2.45) is 0 Å². The quantitative estimate of drug-likeness (QED) is 0.844. The van der Waals surface area contributed by atoms with Gasteiger partial charge >= 0.3 is 0 Å². The van der Waals surface area contributed by atoms with Gasteiger partial charge in [0.25, 0.3) is 5.91 Å². The molecule has 0 atom stereocenters.